The molecule has 20 heavy (non-hydrogen) atoms. The van der Waals surface area contributed by atoms with Crippen molar-refractivity contribution in [1.29, 1.82) is 0 Å². The second-order valence-electron chi connectivity index (χ2n) is 4.45. The maximum Gasteiger partial charge on any atom is 0.254 e. The third-order valence-corrected chi connectivity index (χ3v) is 3.09. The Bertz CT molecular complexity index is 638. The van der Waals surface area contributed by atoms with Gasteiger partial charge in [0.05, 0.1) is 6.54 Å². The molecule has 1 aliphatic heterocycles. The van der Waals surface area contributed by atoms with Gasteiger partial charge in [-0.05, 0) is 12.1 Å². The number of hydrogen-bond donors (Lipinski definition) is 1. The number of amides is 2. The van der Waals surface area contributed by atoms with E-state index < -0.39 is 0 Å². The van der Waals surface area contributed by atoms with E-state index in [4.69, 9.17) is 0 Å². The first-order chi connectivity index (χ1) is 9.74. The zero-order chi connectivity index (χ0) is 13.9. The second kappa shape index (κ2) is 5.12. The number of imidazole rings is 1. The summed E-state index contributed by atoms with van der Waals surface area (Å²) in [5.74, 6) is 0.326. The van der Waals surface area contributed by atoms with Gasteiger partial charge < -0.3 is 10.2 Å². The van der Waals surface area contributed by atoms with Gasteiger partial charge in [0.2, 0.25) is 5.91 Å². The van der Waals surface area contributed by atoms with E-state index in [0.717, 1.165) is 0 Å². The Morgan fingerprint density at radius 1 is 1.35 bits per heavy atom. The maximum atomic E-state index is 12.4. The summed E-state index contributed by atoms with van der Waals surface area (Å²) < 4.78 is 1.72. The molecule has 3 heterocycles. The number of nitrogens with zero attached hydrogens (tertiary/aromatic N) is 4. The van der Waals surface area contributed by atoms with Crippen LogP contribution in [0.15, 0.2) is 37.1 Å². The van der Waals surface area contributed by atoms with Gasteiger partial charge >= 0.3 is 0 Å². The molecule has 2 aromatic heterocycles. The normalized spacial score (nSPS) is 15.0. The first kappa shape index (κ1) is 12.3. The van der Waals surface area contributed by atoms with Gasteiger partial charge in [0.25, 0.3) is 5.91 Å². The second-order valence-corrected chi connectivity index (χ2v) is 4.45. The van der Waals surface area contributed by atoms with E-state index in [2.05, 4.69) is 15.3 Å². The molecular formula is C13H13N5O2. The van der Waals surface area contributed by atoms with Crippen LogP contribution in [0, 0.1) is 0 Å². The van der Waals surface area contributed by atoms with Crippen molar-refractivity contribution in [2.75, 3.05) is 19.6 Å². The van der Waals surface area contributed by atoms with Crippen molar-refractivity contribution in [3.63, 3.8) is 0 Å². The third kappa shape index (κ3) is 2.37. The Balaban J connectivity index is 1.85. The van der Waals surface area contributed by atoms with Gasteiger partial charge in [0.1, 0.15) is 12.1 Å². The van der Waals surface area contributed by atoms with E-state index in [-0.39, 0.29) is 18.4 Å². The van der Waals surface area contributed by atoms with E-state index in [1.165, 1.54) is 4.90 Å². The molecule has 0 atom stereocenters. The van der Waals surface area contributed by atoms with Crippen LogP contribution in [0.5, 0.6) is 0 Å². The lowest BCUT2D eigenvalue weighted by atomic mass is 10.2. The van der Waals surface area contributed by atoms with Gasteiger partial charge in [0.15, 0.2) is 0 Å². The minimum atomic E-state index is -0.163. The van der Waals surface area contributed by atoms with Crippen molar-refractivity contribution in [1.82, 2.24) is 24.8 Å². The van der Waals surface area contributed by atoms with Crippen LogP contribution in [0.25, 0.3) is 5.82 Å². The molecule has 0 aliphatic carbocycles. The number of hydrogen-bond acceptors (Lipinski definition) is 4. The van der Waals surface area contributed by atoms with E-state index in [0.29, 0.717) is 24.5 Å². The summed E-state index contributed by atoms with van der Waals surface area (Å²) in [5.41, 5.74) is 0.512. The summed E-state index contributed by atoms with van der Waals surface area (Å²) in [4.78, 5) is 33.4. The molecule has 3 rings (SSSR count). The van der Waals surface area contributed by atoms with Gasteiger partial charge in [0, 0.05) is 37.2 Å². The number of carbonyl (C=O) groups excluding carboxylic acids is 2. The Morgan fingerprint density at radius 2 is 2.25 bits per heavy atom. The van der Waals surface area contributed by atoms with Crippen LogP contribution in [0.4, 0.5) is 0 Å². The molecule has 1 fully saturated rings. The summed E-state index contributed by atoms with van der Waals surface area (Å²) in [5, 5.41) is 2.69. The molecule has 102 valence electrons. The van der Waals surface area contributed by atoms with E-state index >= 15 is 0 Å². The number of pyridine rings is 1. The molecule has 0 spiro atoms. The monoisotopic (exact) mass is 271 g/mol. The maximum absolute atomic E-state index is 12.4. The number of aromatic nitrogens is 3. The molecule has 7 heteroatoms. The largest absolute Gasteiger partial charge is 0.353 e. The predicted molar refractivity (Wildman–Crippen MR) is 70.3 cm³/mol. The molecule has 0 aromatic carbocycles. The number of piperazine rings is 1. The fraction of sp³-hybridized carbons (Fsp3) is 0.231. The van der Waals surface area contributed by atoms with Crippen LogP contribution in [-0.2, 0) is 4.79 Å². The first-order valence-electron chi connectivity index (χ1n) is 6.24. The quantitative estimate of drug-likeness (QED) is 0.823. The Hall–Kier alpha value is -2.70. The van der Waals surface area contributed by atoms with Gasteiger partial charge in [-0.25, -0.2) is 9.97 Å². The first-order valence-corrected chi connectivity index (χ1v) is 6.24. The standard InChI is InChI=1S/C13H13N5O2/c19-12-8-17(6-4-16-12)13(20)10-1-2-15-11(7-10)18-5-3-14-9-18/h1-3,5,7,9H,4,6,8H2,(H,16,19). The number of rotatable bonds is 2. The van der Waals surface area contributed by atoms with Gasteiger partial charge in [-0.3, -0.25) is 14.2 Å². The molecule has 0 saturated carbocycles. The fourth-order valence-corrected chi connectivity index (χ4v) is 2.08. The van der Waals surface area contributed by atoms with Crippen molar-refractivity contribution >= 4 is 11.8 Å². The fourth-order valence-electron chi connectivity index (χ4n) is 2.08. The summed E-state index contributed by atoms with van der Waals surface area (Å²) in [6.07, 6.45) is 6.59. The van der Waals surface area contributed by atoms with Crippen LogP contribution < -0.4 is 5.32 Å². The third-order valence-electron chi connectivity index (χ3n) is 3.09. The van der Waals surface area contributed by atoms with Crippen LogP contribution in [0.1, 0.15) is 10.4 Å². The minimum absolute atomic E-state index is 0.0988. The van der Waals surface area contributed by atoms with Crippen molar-refractivity contribution in [3.05, 3.63) is 42.6 Å². The van der Waals surface area contributed by atoms with Crippen molar-refractivity contribution in [3.8, 4) is 5.82 Å². The lowest BCUT2D eigenvalue weighted by molar-refractivity contribution is -0.123. The summed E-state index contributed by atoms with van der Waals surface area (Å²) in [6, 6.07) is 3.34. The molecule has 0 bridgehead atoms. The average molecular weight is 271 g/mol. The summed E-state index contributed by atoms with van der Waals surface area (Å²) in [6.45, 7) is 1.11. The van der Waals surface area contributed by atoms with Gasteiger partial charge in [-0.15, -0.1) is 0 Å². The van der Waals surface area contributed by atoms with E-state index in [1.54, 1.807) is 41.6 Å². The lowest BCUT2D eigenvalue weighted by Gasteiger charge is -2.26. The zero-order valence-electron chi connectivity index (χ0n) is 10.7. The van der Waals surface area contributed by atoms with Crippen LogP contribution in [0.3, 0.4) is 0 Å². The van der Waals surface area contributed by atoms with Crippen LogP contribution in [-0.4, -0.2) is 50.9 Å². The lowest BCUT2D eigenvalue weighted by Crippen LogP contribution is -2.49. The molecule has 2 amide bonds. The van der Waals surface area contributed by atoms with Gasteiger partial charge in [-0.2, -0.15) is 0 Å². The predicted octanol–water partition coefficient (Wildman–Crippen LogP) is -0.161. The molecule has 1 N–H and O–H groups in total. The van der Waals surface area contributed by atoms with E-state index in [1.807, 2.05) is 0 Å². The molecule has 1 aliphatic rings. The highest BCUT2D eigenvalue weighted by Gasteiger charge is 2.22. The average Bonchev–Trinajstić information content (AvgIpc) is 3.01. The summed E-state index contributed by atoms with van der Waals surface area (Å²) >= 11 is 0. The molecule has 2 aromatic rings. The highest BCUT2D eigenvalue weighted by molar-refractivity contribution is 5.97. The molecule has 1 saturated heterocycles. The van der Waals surface area contributed by atoms with Crippen LogP contribution in [0.2, 0.25) is 0 Å². The van der Waals surface area contributed by atoms with Crippen LogP contribution >= 0.6 is 0 Å². The van der Waals surface area contributed by atoms with Crippen molar-refractivity contribution in [2.45, 2.75) is 0 Å². The topological polar surface area (TPSA) is 80.1 Å². The Morgan fingerprint density at radius 3 is 3.00 bits per heavy atom. The number of nitrogens with one attached hydrogen (secondary N) is 1. The zero-order valence-corrected chi connectivity index (χ0v) is 10.7. The smallest absolute Gasteiger partial charge is 0.254 e. The molecule has 0 unspecified atom stereocenters. The SMILES string of the molecule is O=C1CN(C(=O)c2ccnc(-n3ccnc3)c2)CCN1. The molecule has 0 radical (unpaired) electrons. The molecule has 7 nitrogen and oxygen atoms in total. The highest BCUT2D eigenvalue weighted by Crippen LogP contribution is 2.10. The Labute approximate surface area is 115 Å². The van der Waals surface area contributed by atoms with Crippen molar-refractivity contribution < 1.29 is 9.59 Å². The Kier molecular flexibility index (Phi) is 3.16. The highest BCUT2D eigenvalue weighted by atomic mass is 16.2. The van der Waals surface area contributed by atoms with Gasteiger partial charge in [-0.1, -0.05) is 0 Å². The minimum Gasteiger partial charge on any atom is -0.353 e. The van der Waals surface area contributed by atoms with E-state index in [9.17, 15) is 9.59 Å². The number of carbonyl (C=O) groups is 2. The van der Waals surface area contributed by atoms with Crippen molar-refractivity contribution in [2.24, 2.45) is 0 Å². The summed E-state index contributed by atoms with van der Waals surface area (Å²) in [7, 11) is 0. The molecular weight excluding hydrogens is 258 g/mol.